The number of nitrogens with zero attached hydrogens (tertiary/aromatic N) is 1. The van der Waals surface area contributed by atoms with Gasteiger partial charge in [0.2, 0.25) is 5.88 Å². The number of nitrogen functional groups attached to an aromatic ring is 1. The molecule has 0 fully saturated rings. The molecule has 0 amide bonds. The standard InChI is InChI=1S/C11H18N2O/c1-8(2)6-7-14-11-10(12)5-4-9(3)13-11/h4-5,8H,6-7,12H2,1-3H3. The number of pyridine rings is 1. The zero-order chi connectivity index (χ0) is 10.6. The van der Waals surface area contributed by atoms with Crippen LogP contribution in [0.5, 0.6) is 5.88 Å². The van der Waals surface area contributed by atoms with Crippen LogP contribution in [0.15, 0.2) is 12.1 Å². The maximum atomic E-state index is 5.72. The minimum Gasteiger partial charge on any atom is -0.476 e. The van der Waals surface area contributed by atoms with Crippen molar-refractivity contribution < 1.29 is 4.74 Å². The molecule has 0 aliphatic carbocycles. The summed E-state index contributed by atoms with van der Waals surface area (Å²) in [6.45, 7) is 6.93. The van der Waals surface area contributed by atoms with Gasteiger partial charge in [-0.15, -0.1) is 0 Å². The molecule has 0 unspecified atom stereocenters. The molecule has 3 nitrogen and oxygen atoms in total. The fourth-order valence-corrected chi connectivity index (χ4v) is 1.05. The van der Waals surface area contributed by atoms with Crippen molar-refractivity contribution >= 4 is 5.69 Å². The molecule has 14 heavy (non-hydrogen) atoms. The summed E-state index contributed by atoms with van der Waals surface area (Å²) < 4.78 is 5.49. The maximum absolute atomic E-state index is 5.72. The van der Waals surface area contributed by atoms with Crippen LogP contribution in [0, 0.1) is 12.8 Å². The average Bonchev–Trinajstić information content (AvgIpc) is 2.10. The molecule has 0 saturated heterocycles. The zero-order valence-electron chi connectivity index (χ0n) is 9.08. The number of aromatic nitrogens is 1. The molecule has 0 bridgehead atoms. The third kappa shape index (κ3) is 3.24. The van der Waals surface area contributed by atoms with E-state index < -0.39 is 0 Å². The minimum atomic E-state index is 0.561. The van der Waals surface area contributed by atoms with Gasteiger partial charge < -0.3 is 10.5 Å². The molecule has 1 aromatic heterocycles. The van der Waals surface area contributed by atoms with Crippen LogP contribution in [-0.4, -0.2) is 11.6 Å². The molecule has 1 heterocycles. The Morgan fingerprint density at radius 3 is 2.79 bits per heavy atom. The van der Waals surface area contributed by atoms with Gasteiger partial charge in [-0.1, -0.05) is 13.8 Å². The molecule has 0 aliphatic heterocycles. The van der Waals surface area contributed by atoms with Crippen molar-refractivity contribution in [3.63, 3.8) is 0 Å². The second-order valence-corrected chi connectivity index (χ2v) is 3.88. The number of rotatable bonds is 4. The second-order valence-electron chi connectivity index (χ2n) is 3.88. The highest BCUT2D eigenvalue weighted by Gasteiger charge is 2.02. The van der Waals surface area contributed by atoms with Gasteiger partial charge in [-0.05, 0) is 31.4 Å². The molecule has 1 aromatic rings. The van der Waals surface area contributed by atoms with E-state index in [4.69, 9.17) is 10.5 Å². The number of hydrogen-bond donors (Lipinski definition) is 1. The van der Waals surface area contributed by atoms with Crippen LogP contribution < -0.4 is 10.5 Å². The molecule has 1 rings (SSSR count). The molecule has 0 atom stereocenters. The number of nitrogens with two attached hydrogens (primary N) is 1. The van der Waals surface area contributed by atoms with E-state index in [-0.39, 0.29) is 0 Å². The summed E-state index contributed by atoms with van der Waals surface area (Å²) in [6, 6.07) is 3.71. The van der Waals surface area contributed by atoms with Gasteiger partial charge in [0.15, 0.2) is 0 Å². The largest absolute Gasteiger partial charge is 0.476 e. The first-order valence-electron chi connectivity index (χ1n) is 4.95. The third-order valence-corrected chi connectivity index (χ3v) is 1.96. The van der Waals surface area contributed by atoms with Crippen molar-refractivity contribution in [1.82, 2.24) is 4.98 Å². The van der Waals surface area contributed by atoms with E-state index in [0.29, 0.717) is 24.1 Å². The van der Waals surface area contributed by atoms with Crippen LogP contribution in [0.3, 0.4) is 0 Å². The average molecular weight is 194 g/mol. The van der Waals surface area contributed by atoms with Gasteiger partial charge in [0.25, 0.3) is 0 Å². The Balaban J connectivity index is 2.53. The molecule has 78 valence electrons. The van der Waals surface area contributed by atoms with Crippen LogP contribution in [0.1, 0.15) is 26.0 Å². The molecule has 2 N–H and O–H groups in total. The van der Waals surface area contributed by atoms with Crippen LogP contribution in [0.25, 0.3) is 0 Å². The van der Waals surface area contributed by atoms with Crippen molar-refractivity contribution in [2.24, 2.45) is 5.92 Å². The lowest BCUT2D eigenvalue weighted by Gasteiger charge is -2.09. The molecular weight excluding hydrogens is 176 g/mol. The van der Waals surface area contributed by atoms with Crippen LogP contribution in [0.4, 0.5) is 5.69 Å². The van der Waals surface area contributed by atoms with Crippen LogP contribution in [0.2, 0.25) is 0 Å². The Bertz CT molecular complexity index is 297. The molecule has 0 aliphatic rings. The predicted octanol–water partition coefficient (Wildman–Crippen LogP) is 2.40. The molecule has 0 aromatic carbocycles. The fraction of sp³-hybridized carbons (Fsp3) is 0.545. The Kier molecular flexibility index (Phi) is 3.74. The fourth-order valence-electron chi connectivity index (χ4n) is 1.05. The highest BCUT2D eigenvalue weighted by molar-refractivity contribution is 5.48. The van der Waals surface area contributed by atoms with Gasteiger partial charge in [0, 0.05) is 5.69 Å². The maximum Gasteiger partial charge on any atom is 0.237 e. The van der Waals surface area contributed by atoms with E-state index >= 15 is 0 Å². The van der Waals surface area contributed by atoms with Crippen molar-refractivity contribution in [1.29, 1.82) is 0 Å². The Hall–Kier alpha value is -1.25. The third-order valence-electron chi connectivity index (χ3n) is 1.96. The Morgan fingerprint density at radius 1 is 1.43 bits per heavy atom. The highest BCUT2D eigenvalue weighted by atomic mass is 16.5. The normalized spacial score (nSPS) is 10.6. The van der Waals surface area contributed by atoms with E-state index in [9.17, 15) is 0 Å². The van der Waals surface area contributed by atoms with E-state index in [1.165, 1.54) is 0 Å². The number of hydrogen-bond acceptors (Lipinski definition) is 3. The SMILES string of the molecule is Cc1ccc(N)c(OCCC(C)C)n1. The molecular formula is C11H18N2O. The number of ether oxygens (including phenoxy) is 1. The monoisotopic (exact) mass is 194 g/mol. The van der Waals surface area contributed by atoms with Gasteiger partial charge in [0.05, 0.1) is 12.3 Å². The summed E-state index contributed by atoms with van der Waals surface area (Å²) in [5, 5.41) is 0. The lowest BCUT2D eigenvalue weighted by Crippen LogP contribution is -2.05. The molecule has 0 spiro atoms. The molecule has 0 radical (unpaired) electrons. The highest BCUT2D eigenvalue weighted by Crippen LogP contribution is 2.18. The zero-order valence-corrected chi connectivity index (χ0v) is 9.08. The van der Waals surface area contributed by atoms with E-state index in [1.54, 1.807) is 0 Å². The summed E-state index contributed by atoms with van der Waals surface area (Å²) >= 11 is 0. The van der Waals surface area contributed by atoms with E-state index in [1.807, 2.05) is 19.1 Å². The summed E-state index contributed by atoms with van der Waals surface area (Å²) in [4.78, 5) is 4.22. The smallest absolute Gasteiger partial charge is 0.237 e. The Labute approximate surface area is 85.3 Å². The van der Waals surface area contributed by atoms with Gasteiger partial charge in [0.1, 0.15) is 0 Å². The van der Waals surface area contributed by atoms with Crippen LogP contribution in [-0.2, 0) is 0 Å². The topological polar surface area (TPSA) is 48.1 Å². The number of aryl methyl sites for hydroxylation is 1. The van der Waals surface area contributed by atoms with E-state index in [2.05, 4.69) is 18.8 Å². The lowest BCUT2D eigenvalue weighted by atomic mass is 10.1. The first-order chi connectivity index (χ1) is 6.59. The molecule has 3 heteroatoms. The van der Waals surface area contributed by atoms with Crippen molar-refractivity contribution in [2.75, 3.05) is 12.3 Å². The van der Waals surface area contributed by atoms with Crippen molar-refractivity contribution in [2.45, 2.75) is 27.2 Å². The van der Waals surface area contributed by atoms with Crippen molar-refractivity contribution in [3.05, 3.63) is 17.8 Å². The quantitative estimate of drug-likeness (QED) is 0.800. The molecule has 0 saturated carbocycles. The number of anilines is 1. The first-order valence-corrected chi connectivity index (χ1v) is 4.95. The van der Waals surface area contributed by atoms with Gasteiger partial charge >= 0.3 is 0 Å². The second kappa shape index (κ2) is 4.84. The van der Waals surface area contributed by atoms with Gasteiger partial charge in [-0.25, -0.2) is 4.98 Å². The van der Waals surface area contributed by atoms with Crippen LogP contribution >= 0.6 is 0 Å². The van der Waals surface area contributed by atoms with Crippen molar-refractivity contribution in [3.8, 4) is 5.88 Å². The summed E-state index contributed by atoms with van der Waals surface area (Å²) in [5.41, 5.74) is 7.26. The summed E-state index contributed by atoms with van der Waals surface area (Å²) in [7, 11) is 0. The minimum absolute atomic E-state index is 0.561. The Morgan fingerprint density at radius 2 is 2.14 bits per heavy atom. The van der Waals surface area contributed by atoms with E-state index in [0.717, 1.165) is 12.1 Å². The van der Waals surface area contributed by atoms with Gasteiger partial charge in [-0.2, -0.15) is 0 Å². The predicted molar refractivity (Wildman–Crippen MR) is 58.3 cm³/mol. The van der Waals surface area contributed by atoms with Gasteiger partial charge in [-0.3, -0.25) is 0 Å². The first kappa shape index (κ1) is 10.8. The summed E-state index contributed by atoms with van der Waals surface area (Å²) in [5.74, 6) is 1.20. The summed E-state index contributed by atoms with van der Waals surface area (Å²) in [6.07, 6.45) is 1.02. The lowest BCUT2D eigenvalue weighted by molar-refractivity contribution is 0.280.